The highest BCUT2D eigenvalue weighted by Gasteiger charge is 2.33. The lowest BCUT2D eigenvalue weighted by atomic mass is 10.0. The zero-order valence-corrected chi connectivity index (χ0v) is 9.01. The first-order valence-electron chi connectivity index (χ1n) is 5.67. The molecule has 0 aromatic rings. The first-order valence-corrected chi connectivity index (χ1v) is 5.67. The summed E-state index contributed by atoms with van der Waals surface area (Å²) in [5, 5.41) is 3.44. The van der Waals surface area contributed by atoms with E-state index in [9.17, 15) is 0 Å². The van der Waals surface area contributed by atoms with E-state index in [1.807, 2.05) is 7.11 Å². The summed E-state index contributed by atoms with van der Waals surface area (Å²) in [4.78, 5) is 4.41. The van der Waals surface area contributed by atoms with Crippen LogP contribution < -0.4 is 5.32 Å². The number of hydrogen-bond acceptors (Lipinski definition) is 3. The average Bonchev–Trinajstić information content (AvgIpc) is 2.87. The van der Waals surface area contributed by atoms with Crippen molar-refractivity contribution in [1.29, 1.82) is 0 Å². The van der Waals surface area contributed by atoms with Gasteiger partial charge in [-0.25, -0.2) is 0 Å². The summed E-state index contributed by atoms with van der Waals surface area (Å²) in [6.45, 7) is 1.95. The molecule has 0 aromatic heterocycles. The number of ether oxygens (including phenoxy) is 1. The number of amidine groups is 1. The van der Waals surface area contributed by atoms with Crippen molar-refractivity contribution in [2.24, 2.45) is 4.99 Å². The molecule has 14 heavy (non-hydrogen) atoms. The van der Waals surface area contributed by atoms with Crippen LogP contribution in [-0.4, -0.2) is 31.6 Å². The fourth-order valence-electron chi connectivity index (χ4n) is 2.42. The predicted molar refractivity (Wildman–Crippen MR) is 57.7 cm³/mol. The van der Waals surface area contributed by atoms with E-state index >= 15 is 0 Å². The van der Waals surface area contributed by atoms with Crippen LogP contribution >= 0.6 is 0 Å². The maximum atomic E-state index is 5.64. The van der Waals surface area contributed by atoms with Crippen molar-refractivity contribution in [3.63, 3.8) is 0 Å². The van der Waals surface area contributed by atoms with Crippen LogP contribution in [0.5, 0.6) is 0 Å². The van der Waals surface area contributed by atoms with Gasteiger partial charge in [-0.05, 0) is 19.3 Å². The van der Waals surface area contributed by atoms with Crippen molar-refractivity contribution in [2.75, 3.05) is 20.2 Å². The van der Waals surface area contributed by atoms with Crippen LogP contribution in [0.4, 0.5) is 0 Å². The first kappa shape index (κ1) is 9.97. The van der Waals surface area contributed by atoms with Gasteiger partial charge in [-0.3, -0.25) is 4.99 Å². The lowest BCUT2D eigenvalue weighted by Gasteiger charge is -2.28. The highest BCUT2D eigenvalue weighted by atomic mass is 16.5. The third-order valence-corrected chi connectivity index (χ3v) is 3.44. The largest absolute Gasteiger partial charge is 0.376 e. The van der Waals surface area contributed by atoms with E-state index in [4.69, 9.17) is 4.74 Å². The van der Waals surface area contributed by atoms with Gasteiger partial charge in [0, 0.05) is 26.6 Å². The van der Waals surface area contributed by atoms with Crippen molar-refractivity contribution < 1.29 is 4.74 Å². The molecule has 0 amide bonds. The Kier molecular flexibility index (Phi) is 3.06. The van der Waals surface area contributed by atoms with Crippen molar-refractivity contribution in [1.82, 2.24) is 5.32 Å². The Morgan fingerprint density at radius 1 is 1.36 bits per heavy atom. The van der Waals surface area contributed by atoms with Crippen LogP contribution in [-0.2, 0) is 4.74 Å². The standard InChI is InChI=1S/C11H20N2O/c1-14-11(6-2-3-7-11)9-13-10-5-4-8-12-10/h2-9H2,1H3,(H,12,13). The Morgan fingerprint density at radius 3 is 2.71 bits per heavy atom. The highest BCUT2D eigenvalue weighted by Crippen LogP contribution is 2.31. The number of rotatable bonds is 3. The molecule has 2 rings (SSSR count). The van der Waals surface area contributed by atoms with Crippen molar-refractivity contribution in [3.8, 4) is 0 Å². The Bertz CT molecular complexity index is 219. The molecule has 0 unspecified atom stereocenters. The number of hydrogen-bond donors (Lipinski definition) is 1. The van der Waals surface area contributed by atoms with E-state index < -0.39 is 0 Å². The van der Waals surface area contributed by atoms with Gasteiger partial charge in [0.1, 0.15) is 0 Å². The Hall–Kier alpha value is -0.570. The minimum absolute atomic E-state index is 0.102. The summed E-state index contributed by atoms with van der Waals surface area (Å²) in [5.74, 6) is 1.19. The zero-order valence-electron chi connectivity index (χ0n) is 9.01. The van der Waals surface area contributed by atoms with Crippen LogP contribution in [0, 0.1) is 0 Å². The number of aliphatic imine (C=N–C) groups is 1. The Balaban J connectivity index is 1.82. The molecule has 1 N–H and O–H groups in total. The predicted octanol–water partition coefficient (Wildman–Crippen LogP) is 1.73. The van der Waals surface area contributed by atoms with Crippen LogP contribution in [0.3, 0.4) is 0 Å². The summed E-state index contributed by atoms with van der Waals surface area (Å²) in [5.41, 5.74) is 0.102. The molecule has 1 saturated carbocycles. The van der Waals surface area contributed by atoms with Gasteiger partial charge in [-0.1, -0.05) is 12.8 Å². The minimum Gasteiger partial charge on any atom is -0.376 e. The van der Waals surface area contributed by atoms with E-state index in [1.54, 1.807) is 0 Å². The molecule has 1 heterocycles. The number of nitrogens with one attached hydrogen (secondary N) is 1. The summed E-state index contributed by atoms with van der Waals surface area (Å²) in [7, 11) is 1.84. The van der Waals surface area contributed by atoms with E-state index in [-0.39, 0.29) is 5.60 Å². The molecule has 2 aliphatic rings. The van der Waals surface area contributed by atoms with Crippen LogP contribution in [0.2, 0.25) is 0 Å². The minimum atomic E-state index is 0.102. The number of methoxy groups -OCH3 is 1. The van der Waals surface area contributed by atoms with Gasteiger partial charge in [-0.2, -0.15) is 0 Å². The Morgan fingerprint density at radius 2 is 2.14 bits per heavy atom. The molecule has 0 radical (unpaired) electrons. The second-order valence-electron chi connectivity index (χ2n) is 4.38. The van der Waals surface area contributed by atoms with Gasteiger partial charge in [0.25, 0.3) is 0 Å². The maximum absolute atomic E-state index is 5.64. The topological polar surface area (TPSA) is 33.6 Å². The maximum Gasteiger partial charge on any atom is 0.0964 e. The third-order valence-electron chi connectivity index (χ3n) is 3.44. The molecule has 80 valence electrons. The zero-order chi connectivity index (χ0) is 9.86. The van der Waals surface area contributed by atoms with Crippen molar-refractivity contribution in [2.45, 2.75) is 44.1 Å². The fourth-order valence-corrected chi connectivity index (χ4v) is 2.42. The van der Waals surface area contributed by atoms with E-state index in [0.29, 0.717) is 0 Å². The van der Waals surface area contributed by atoms with Gasteiger partial charge in [0.2, 0.25) is 0 Å². The summed E-state index contributed by atoms with van der Waals surface area (Å²) < 4.78 is 5.64. The molecule has 3 nitrogen and oxygen atoms in total. The second-order valence-corrected chi connectivity index (χ2v) is 4.38. The molecule has 0 saturated heterocycles. The van der Waals surface area contributed by atoms with E-state index in [1.165, 1.54) is 37.9 Å². The lowest BCUT2D eigenvalue weighted by molar-refractivity contribution is 0.000198. The molecule has 1 aliphatic heterocycles. The Labute approximate surface area is 85.9 Å². The quantitative estimate of drug-likeness (QED) is 0.745. The van der Waals surface area contributed by atoms with Crippen LogP contribution in [0.25, 0.3) is 0 Å². The first-order chi connectivity index (χ1) is 6.85. The lowest BCUT2D eigenvalue weighted by Crippen LogP contribution is -2.41. The van der Waals surface area contributed by atoms with Crippen molar-refractivity contribution in [3.05, 3.63) is 0 Å². The highest BCUT2D eigenvalue weighted by molar-refractivity contribution is 5.83. The van der Waals surface area contributed by atoms with Gasteiger partial charge in [0.05, 0.1) is 11.4 Å². The molecule has 1 aliphatic carbocycles. The monoisotopic (exact) mass is 196 g/mol. The SMILES string of the molecule is COC1(CNC2=NCCC2)CCCC1. The van der Waals surface area contributed by atoms with Crippen molar-refractivity contribution >= 4 is 5.84 Å². The molecule has 0 atom stereocenters. The summed E-state index contributed by atoms with van der Waals surface area (Å²) in [6, 6.07) is 0. The molecular weight excluding hydrogens is 176 g/mol. The van der Waals surface area contributed by atoms with Gasteiger partial charge in [0.15, 0.2) is 0 Å². The van der Waals surface area contributed by atoms with Gasteiger partial charge < -0.3 is 10.1 Å². The summed E-state index contributed by atoms with van der Waals surface area (Å²) in [6.07, 6.45) is 7.35. The van der Waals surface area contributed by atoms with Crippen LogP contribution in [0.15, 0.2) is 4.99 Å². The van der Waals surface area contributed by atoms with Gasteiger partial charge in [-0.15, -0.1) is 0 Å². The molecule has 0 aromatic carbocycles. The van der Waals surface area contributed by atoms with Gasteiger partial charge >= 0.3 is 0 Å². The third kappa shape index (κ3) is 2.08. The normalized spacial score (nSPS) is 25.1. The second kappa shape index (κ2) is 4.30. The number of nitrogens with zero attached hydrogens (tertiary/aromatic N) is 1. The summed E-state index contributed by atoms with van der Waals surface area (Å²) >= 11 is 0. The molecular formula is C11H20N2O. The van der Waals surface area contributed by atoms with Crippen LogP contribution in [0.1, 0.15) is 38.5 Å². The smallest absolute Gasteiger partial charge is 0.0964 e. The fraction of sp³-hybridized carbons (Fsp3) is 0.909. The molecule has 0 spiro atoms. The van der Waals surface area contributed by atoms with E-state index in [0.717, 1.165) is 19.5 Å². The molecule has 3 heteroatoms. The molecule has 1 fully saturated rings. The molecule has 0 bridgehead atoms. The van der Waals surface area contributed by atoms with E-state index in [2.05, 4.69) is 10.3 Å². The average molecular weight is 196 g/mol.